The van der Waals surface area contributed by atoms with E-state index in [1.165, 1.54) is 22.5 Å². The summed E-state index contributed by atoms with van der Waals surface area (Å²) in [6, 6.07) is 10.3. The molecule has 0 bridgehead atoms. The quantitative estimate of drug-likeness (QED) is 0.700. The first-order valence-corrected chi connectivity index (χ1v) is 8.39. The van der Waals surface area contributed by atoms with E-state index in [0.29, 0.717) is 5.13 Å². The van der Waals surface area contributed by atoms with Gasteiger partial charge in [-0.05, 0) is 74.2 Å². The largest absolute Gasteiger partial charge is 0.457 e. The van der Waals surface area contributed by atoms with Gasteiger partial charge in [0, 0.05) is 10.9 Å². The number of aryl methyl sites for hydroxylation is 4. The average Bonchev–Trinajstić information content (AvgIpc) is 2.83. The number of hydrogen-bond acceptors (Lipinski definition) is 4. The number of nitrogens with zero attached hydrogens (tertiary/aromatic N) is 1. The van der Waals surface area contributed by atoms with Crippen LogP contribution >= 0.6 is 11.3 Å². The number of ether oxygens (including phenoxy) is 1. The van der Waals surface area contributed by atoms with Crippen LogP contribution in [0, 0.1) is 27.7 Å². The number of nitrogens with two attached hydrogens (primary N) is 1. The number of aromatic nitrogens is 1. The third-order valence-corrected chi connectivity index (χ3v) is 4.39. The molecule has 23 heavy (non-hydrogen) atoms. The zero-order chi connectivity index (χ0) is 16.6. The maximum absolute atomic E-state index is 6.06. The number of nitrogen functional groups attached to an aromatic ring is 1. The molecule has 0 atom stereocenters. The second-order valence-corrected chi connectivity index (χ2v) is 6.82. The molecule has 3 aromatic rings. The van der Waals surface area contributed by atoms with Crippen molar-refractivity contribution < 1.29 is 4.74 Å². The van der Waals surface area contributed by atoms with Gasteiger partial charge in [-0.25, -0.2) is 4.98 Å². The molecule has 0 saturated heterocycles. The summed E-state index contributed by atoms with van der Waals surface area (Å²) in [5.74, 6) is 1.71. The SMILES string of the molecule is Cc1cc(C)cc(Oc2cc(C)c(-c3csc(N)n3)c(C)c2)c1. The zero-order valence-electron chi connectivity index (χ0n) is 13.8. The summed E-state index contributed by atoms with van der Waals surface area (Å²) in [4.78, 5) is 4.39. The molecule has 0 spiro atoms. The summed E-state index contributed by atoms with van der Waals surface area (Å²) in [6.07, 6.45) is 0. The lowest BCUT2D eigenvalue weighted by molar-refractivity contribution is 0.481. The Morgan fingerprint density at radius 3 is 1.96 bits per heavy atom. The highest BCUT2D eigenvalue weighted by Gasteiger charge is 2.12. The minimum atomic E-state index is 0.592. The topological polar surface area (TPSA) is 48.1 Å². The first-order valence-electron chi connectivity index (χ1n) is 7.51. The maximum atomic E-state index is 6.06. The van der Waals surface area contributed by atoms with E-state index in [1.807, 2.05) is 17.5 Å². The predicted molar refractivity (Wildman–Crippen MR) is 97.4 cm³/mol. The van der Waals surface area contributed by atoms with Gasteiger partial charge >= 0.3 is 0 Å². The number of anilines is 1. The molecule has 0 radical (unpaired) electrons. The van der Waals surface area contributed by atoms with Crippen molar-refractivity contribution in [2.24, 2.45) is 0 Å². The highest BCUT2D eigenvalue weighted by Crippen LogP contribution is 2.34. The van der Waals surface area contributed by atoms with E-state index in [2.05, 4.69) is 50.9 Å². The van der Waals surface area contributed by atoms with E-state index in [1.54, 1.807) is 0 Å². The molecule has 3 nitrogen and oxygen atoms in total. The molecule has 118 valence electrons. The fourth-order valence-corrected chi connectivity index (χ4v) is 3.47. The highest BCUT2D eigenvalue weighted by molar-refractivity contribution is 7.13. The molecule has 1 aromatic heterocycles. The molecule has 2 aromatic carbocycles. The molecule has 0 aliphatic carbocycles. The van der Waals surface area contributed by atoms with Crippen molar-refractivity contribution in [1.29, 1.82) is 0 Å². The van der Waals surface area contributed by atoms with E-state index in [-0.39, 0.29) is 0 Å². The van der Waals surface area contributed by atoms with Crippen LogP contribution < -0.4 is 10.5 Å². The molecule has 1 heterocycles. The number of rotatable bonds is 3. The van der Waals surface area contributed by atoms with Gasteiger partial charge in [0.05, 0.1) is 5.69 Å². The summed E-state index contributed by atoms with van der Waals surface area (Å²) >= 11 is 1.46. The Morgan fingerprint density at radius 2 is 1.43 bits per heavy atom. The van der Waals surface area contributed by atoms with Crippen molar-refractivity contribution >= 4 is 16.5 Å². The Bertz CT molecular complexity index is 824. The minimum Gasteiger partial charge on any atom is -0.457 e. The monoisotopic (exact) mass is 324 g/mol. The lowest BCUT2D eigenvalue weighted by Gasteiger charge is -2.13. The number of hydrogen-bond donors (Lipinski definition) is 1. The first-order chi connectivity index (χ1) is 10.9. The van der Waals surface area contributed by atoms with E-state index in [9.17, 15) is 0 Å². The second-order valence-electron chi connectivity index (χ2n) is 5.93. The highest BCUT2D eigenvalue weighted by atomic mass is 32.1. The molecule has 0 fully saturated rings. The van der Waals surface area contributed by atoms with E-state index in [0.717, 1.165) is 33.9 Å². The molecule has 0 unspecified atom stereocenters. The maximum Gasteiger partial charge on any atom is 0.180 e. The second kappa shape index (κ2) is 6.05. The van der Waals surface area contributed by atoms with Gasteiger partial charge in [-0.15, -0.1) is 11.3 Å². The normalized spacial score (nSPS) is 10.8. The molecule has 0 amide bonds. The van der Waals surface area contributed by atoms with Gasteiger partial charge in [-0.1, -0.05) is 6.07 Å². The van der Waals surface area contributed by atoms with Crippen molar-refractivity contribution in [2.45, 2.75) is 27.7 Å². The Labute approximate surface area is 140 Å². The summed E-state index contributed by atoms with van der Waals surface area (Å²) in [6.45, 7) is 8.30. The van der Waals surface area contributed by atoms with Gasteiger partial charge in [0.2, 0.25) is 0 Å². The summed E-state index contributed by atoms with van der Waals surface area (Å²) in [5, 5.41) is 2.59. The Kier molecular flexibility index (Phi) is 4.09. The van der Waals surface area contributed by atoms with Crippen LogP contribution in [-0.4, -0.2) is 4.98 Å². The van der Waals surface area contributed by atoms with Crippen LogP contribution in [-0.2, 0) is 0 Å². The lowest BCUT2D eigenvalue weighted by atomic mass is 10.0. The van der Waals surface area contributed by atoms with E-state index in [4.69, 9.17) is 10.5 Å². The van der Waals surface area contributed by atoms with Crippen LogP contribution in [0.25, 0.3) is 11.3 Å². The first kappa shape index (κ1) is 15.6. The Hall–Kier alpha value is -2.33. The summed E-state index contributed by atoms with van der Waals surface area (Å²) in [5.41, 5.74) is 12.5. The van der Waals surface area contributed by atoms with Gasteiger partial charge in [0.25, 0.3) is 0 Å². The third kappa shape index (κ3) is 3.37. The standard InChI is InChI=1S/C19H20N2OS/c1-11-5-12(2)7-15(6-11)22-16-8-13(3)18(14(4)9-16)17-10-23-19(20)21-17/h5-10H,1-4H3,(H2,20,21). The van der Waals surface area contributed by atoms with Gasteiger partial charge in [-0.2, -0.15) is 0 Å². The van der Waals surface area contributed by atoms with Crippen LogP contribution in [0.4, 0.5) is 5.13 Å². The molecule has 3 rings (SSSR count). The van der Waals surface area contributed by atoms with Crippen LogP contribution in [0.1, 0.15) is 22.3 Å². The minimum absolute atomic E-state index is 0.592. The van der Waals surface area contributed by atoms with Crippen molar-refractivity contribution in [3.63, 3.8) is 0 Å². The molecule has 0 saturated carbocycles. The fourth-order valence-electron chi connectivity index (χ4n) is 2.92. The van der Waals surface area contributed by atoms with Crippen molar-refractivity contribution in [3.05, 3.63) is 58.0 Å². The molecule has 2 N–H and O–H groups in total. The lowest BCUT2D eigenvalue weighted by Crippen LogP contribution is -1.93. The number of benzene rings is 2. The molecular formula is C19H20N2OS. The van der Waals surface area contributed by atoms with Gasteiger partial charge in [-0.3, -0.25) is 0 Å². The van der Waals surface area contributed by atoms with Crippen LogP contribution in [0.15, 0.2) is 35.7 Å². The fraction of sp³-hybridized carbons (Fsp3) is 0.211. The van der Waals surface area contributed by atoms with Crippen molar-refractivity contribution in [1.82, 2.24) is 4.98 Å². The van der Waals surface area contributed by atoms with Gasteiger partial charge < -0.3 is 10.5 Å². The zero-order valence-corrected chi connectivity index (χ0v) is 14.6. The van der Waals surface area contributed by atoms with E-state index < -0.39 is 0 Å². The summed E-state index contributed by atoms with van der Waals surface area (Å²) in [7, 11) is 0. The van der Waals surface area contributed by atoms with Crippen LogP contribution in [0.5, 0.6) is 11.5 Å². The van der Waals surface area contributed by atoms with Gasteiger partial charge in [0.1, 0.15) is 11.5 Å². The third-order valence-electron chi connectivity index (χ3n) is 3.72. The molecule has 0 aliphatic heterocycles. The van der Waals surface area contributed by atoms with Crippen molar-refractivity contribution in [2.75, 3.05) is 5.73 Å². The molecule has 4 heteroatoms. The smallest absolute Gasteiger partial charge is 0.180 e. The van der Waals surface area contributed by atoms with Crippen LogP contribution in [0.2, 0.25) is 0 Å². The van der Waals surface area contributed by atoms with Gasteiger partial charge in [0.15, 0.2) is 5.13 Å². The number of thiazole rings is 1. The van der Waals surface area contributed by atoms with Crippen molar-refractivity contribution in [3.8, 4) is 22.8 Å². The van der Waals surface area contributed by atoms with E-state index >= 15 is 0 Å². The molecule has 0 aliphatic rings. The summed E-state index contributed by atoms with van der Waals surface area (Å²) < 4.78 is 6.06. The Balaban J connectivity index is 1.96. The van der Waals surface area contributed by atoms with Crippen LogP contribution in [0.3, 0.4) is 0 Å². The average molecular weight is 324 g/mol. The predicted octanol–water partition coefficient (Wildman–Crippen LogP) is 5.42. The molecular weight excluding hydrogens is 304 g/mol. The Morgan fingerprint density at radius 1 is 0.870 bits per heavy atom.